The summed E-state index contributed by atoms with van der Waals surface area (Å²) < 4.78 is 1.40. The minimum absolute atomic E-state index is 0.0199. The van der Waals surface area contributed by atoms with Crippen molar-refractivity contribution in [1.29, 1.82) is 0 Å². The van der Waals surface area contributed by atoms with Crippen LogP contribution in [0.4, 0.5) is 11.5 Å². The Hall–Kier alpha value is -3.16. The van der Waals surface area contributed by atoms with Crippen molar-refractivity contribution in [3.63, 3.8) is 0 Å². The van der Waals surface area contributed by atoms with Crippen molar-refractivity contribution < 1.29 is 9.59 Å². The van der Waals surface area contributed by atoms with Crippen molar-refractivity contribution in [3.05, 3.63) is 36.2 Å². The summed E-state index contributed by atoms with van der Waals surface area (Å²) in [7, 11) is 0. The molecule has 1 fully saturated rings. The fourth-order valence-corrected chi connectivity index (χ4v) is 2.75. The minimum Gasteiger partial charge on any atom is -0.359 e. The van der Waals surface area contributed by atoms with Crippen LogP contribution in [0.15, 0.2) is 30.5 Å². The normalized spacial score (nSPS) is 13.8. The molecule has 1 aliphatic carbocycles. The molecule has 25 heavy (non-hydrogen) atoms. The summed E-state index contributed by atoms with van der Waals surface area (Å²) in [6.45, 7) is 1.99. The zero-order valence-electron chi connectivity index (χ0n) is 13.7. The summed E-state index contributed by atoms with van der Waals surface area (Å²) in [5.41, 5.74) is 2.75. The van der Waals surface area contributed by atoms with Gasteiger partial charge in [0, 0.05) is 22.5 Å². The second-order valence-corrected chi connectivity index (χ2v) is 6.33. The smallest absolute Gasteiger partial charge is 0.246 e. The maximum Gasteiger partial charge on any atom is 0.246 e. The molecule has 3 N–H and O–H groups in total. The van der Waals surface area contributed by atoms with E-state index in [-0.39, 0.29) is 24.3 Å². The van der Waals surface area contributed by atoms with Gasteiger partial charge in [0.1, 0.15) is 6.54 Å². The quantitative estimate of drug-likeness (QED) is 0.662. The molecule has 4 rings (SSSR count). The largest absolute Gasteiger partial charge is 0.359 e. The standard InChI is InChI=1S/C17H18N6O2/c1-10-7-12-13(18-10)3-2-4-14(12)19-16(24)9-23-8-15(21-22-23)20-17(25)11-5-6-11/h2-4,7-8,11,18H,5-6,9H2,1H3,(H,19,24)(H,20,25). The molecular weight excluding hydrogens is 320 g/mol. The van der Waals surface area contributed by atoms with E-state index < -0.39 is 0 Å². The van der Waals surface area contributed by atoms with Crippen molar-refractivity contribution in [2.24, 2.45) is 5.92 Å². The van der Waals surface area contributed by atoms with Gasteiger partial charge < -0.3 is 15.6 Å². The molecule has 0 bridgehead atoms. The summed E-state index contributed by atoms with van der Waals surface area (Å²) in [6.07, 6.45) is 3.40. The molecule has 0 spiro atoms. The van der Waals surface area contributed by atoms with Gasteiger partial charge in [-0.15, -0.1) is 5.10 Å². The number of nitrogens with one attached hydrogen (secondary N) is 3. The number of rotatable bonds is 5. The van der Waals surface area contributed by atoms with Gasteiger partial charge in [0.2, 0.25) is 11.8 Å². The van der Waals surface area contributed by atoms with Crippen LogP contribution in [0, 0.1) is 12.8 Å². The highest BCUT2D eigenvalue weighted by atomic mass is 16.2. The maximum absolute atomic E-state index is 12.3. The Morgan fingerprint density at radius 2 is 2.16 bits per heavy atom. The fourth-order valence-electron chi connectivity index (χ4n) is 2.75. The van der Waals surface area contributed by atoms with E-state index >= 15 is 0 Å². The number of aromatic nitrogens is 4. The van der Waals surface area contributed by atoms with Crippen LogP contribution < -0.4 is 10.6 Å². The number of hydrogen-bond acceptors (Lipinski definition) is 4. The van der Waals surface area contributed by atoms with Crippen LogP contribution in [0.5, 0.6) is 0 Å². The zero-order chi connectivity index (χ0) is 17.4. The van der Waals surface area contributed by atoms with Gasteiger partial charge in [0.25, 0.3) is 0 Å². The van der Waals surface area contributed by atoms with Crippen molar-refractivity contribution in [1.82, 2.24) is 20.0 Å². The highest BCUT2D eigenvalue weighted by Crippen LogP contribution is 2.29. The molecule has 8 heteroatoms. The third-order valence-electron chi connectivity index (χ3n) is 4.12. The predicted molar refractivity (Wildman–Crippen MR) is 93.0 cm³/mol. The molecule has 8 nitrogen and oxygen atoms in total. The second kappa shape index (κ2) is 6.04. The molecule has 1 aromatic carbocycles. The number of anilines is 2. The van der Waals surface area contributed by atoms with Gasteiger partial charge in [0.15, 0.2) is 5.82 Å². The fraction of sp³-hybridized carbons (Fsp3) is 0.294. The van der Waals surface area contributed by atoms with Crippen molar-refractivity contribution in [2.75, 3.05) is 10.6 Å². The predicted octanol–water partition coefficient (Wildman–Crippen LogP) is 2.06. The highest BCUT2D eigenvalue weighted by molar-refractivity contribution is 6.01. The average Bonchev–Trinajstić information content (AvgIpc) is 3.22. The van der Waals surface area contributed by atoms with E-state index in [1.165, 1.54) is 4.68 Å². The molecule has 0 saturated heterocycles. The first-order chi connectivity index (χ1) is 12.1. The minimum atomic E-state index is -0.212. The van der Waals surface area contributed by atoms with Gasteiger partial charge >= 0.3 is 0 Å². The van der Waals surface area contributed by atoms with Crippen LogP contribution in [0.1, 0.15) is 18.5 Å². The van der Waals surface area contributed by atoms with E-state index in [0.717, 1.165) is 35.1 Å². The van der Waals surface area contributed by atoms with E-state index in [4.69, 9.17) is 0 Å². The number of fused-ring (bicyclic) bond motifs is 1. The lowest BCUT2D eigenvalue weighted by Gasteiger charge is -2.06. The number of H-pyrrole nitrogens is 1. The van der Waals surface area contributed by atoms with Crippen molar-refractivity contribution in [2.45, 2.75) is 26.3 Å². The average molecular weight is 338 g/mol. The summed E-state index contributed by atoms with van der Waals surface area (Å²) in [4.78, 5) is 27.2. The molecule has 0 radical (unpaired) electrons. The number of aryl methyl sites for hydroxylation is 1. The van der Waals surface area contributed by atoms with Gasteiger partial charge in [-0.2, -0.15) is 0 Å². The van der Waals surface area contributed by atoms with Gasteiger partial charge in [0.05, 0.1) is 11.9 Å². The lowest BCUT2D eigenvalue weighted by atomic mass is 10.2. The summed E-state index contributed by atoms with van der Waals surface area (Å²) in [6, 6.07) is 7.70. The van der Waals surface area contributed by atoms with Crippen molar-refractivity contribution >= 4 is 34.2 Å². The van der Waals surface area contributed by atoms with Crippen LogP contribution in [0.2, 0.25) is 0 Å². The summed E-state index contributed by atoms with van der Waals surface area (Å²) in [5.74, 6) is 0.217. The molecule has 2 heterocycles. The Labute approximate surface area is 143 Å². The lowest BCUT2D eigenvalue weighted by Crippen LogP contribution is -2.19. The molecule has 2 amide bonds. The topological polar surface area (TPSA) is 105 Å². The highest BCUT2D eigenvalue weighted by Gasteiger charge is 2.30. The lowest BCUT2D eigenvalue weighted by molar-refractivity contribution is -0.117. The molecule has 0 aliphatic heterocycles. The molecule has 2 aromatic heterocycles. The summed E-state index contributed by atoms with van der Waals surface area (Å²) >= 11 is 0. The first-order valence-corrected chi connectivity index (χ1v) is 8.18. The van der Waals surface area contributed by atoms with E-state index in [9.17, 15) is 9.59 Å². The molecule has 0 atom stereocenters. The van der Waals surface area contributed by atoms with E-state index in [1.807, 2.05) is 31.2 Å². The van der Waals surface area contributed by atoms with Crippen molar-refractivity contribution in [3.8, 4) is 0 Å². The number of benzene rings is 1. The maximum atomic E-state index is 12.3. The third-order valence-corrected chi connectivity index (χ3v) is 4.12. The van der Waals surface area contributed by atoms with Gasteiger partial charge in [-0.3, -0.25) is 9.59 Å². The number of aromatic amines is 1. The monoisotopic (exact) mass is 338 g/mol. The Balaban J connectivity index is 1.41. The molecule has 1 saturated carbocycles. The SMILES string of the molecule is Cc1cc2c(NC(=O)Cn3cc(NC(=O)C4CC4)nn3)cccc2[nH]1. The summed E-state index contributed by atoms with van der Waals surface area (Å²) in [5, 5.41) is 14.3. The number of carbonyl (C=O) groups excluding carboxylic acids is 2. The van der Waals surface area contributed by atoms with Crippen LogP contribution in [-0.2, 0) is 16.1 Å². The van der Waals surface area contributed by atoms with Crippen LogP contribution in [0.3, 0.4) is 0 Å². The molecule has 0 unspecified atom stereocenters. The van der Waals surface area contributed by atoms with Gasteiger partial charge in [-0.1, -0.05) is 11.3 Å². The first kappa shape index (κ1) is 15.4. The Bertz CT molecular complexity index is 953. The number of amides is 2. The number of carbonyl (C=O) groups is 2. The second-order valence-electron chi connectivity index (χ2n) is 6.33. The van der Waals surface area contributed by atoms with E-state index in [2.05, 4.69) is 25.9 Å². The van der Waals surface area contributed by atoms with Gasteiger partial charge in [-0.25, -0.2) is 4.68 Å². The zero-order valence-corrected chi connectivity index (χ0v) is 13.7. The number of nitrogens with zero attached hydrogens (tertiary/aromatic N) is 3. The third kappa shape index (κ3) is 3.37. The van der Waals surface area contributed by atoms with Crippen LogP contribution in [0.25, 0.3) is 10.9 Å². The Kier molecular flexibility index (Phi) is 3.72. The van der Waals surface area contributed by atoms with E-state index in [1.54, 1.807) is 6.20 Å². The molecule has 3 aromatic rings. The number of hydrogen-bond donors (Lipinski definition) is 3. The van der Waals surface area contributed by atoms with Crippen LogP contribution in [-0.4, -0.2) is 31.8 Å². The Morgan fingerprint density at radius 1 is 1.32 bits per heavy atom. The molecule has 1 aliphatic rings. The molecule has 128 valence electrons. The van der Waals surface area contributed by atoms with Crippen LogP contribution >= 0.6 is 0 Å². The molecular formula is C17H18N6O2. The first-order valence-electron chi connectivity index (χ1n) is 8.18. The van der Waals surface area contributed by atoms with E-state index in [0.29, 0.717) is 5.82 Å². The Morgan fingerprint density at radius 3 is 2.96 bits per heavy atom. The van der Waals surface area contributed by atoms with Gasteiger partial charge in [-0.05, 0) is 38.0 Å².